The van der Waals surface area contributed by atoms with Gasteiger partial charge in [0.05, 0.1) is 18.8 Å². The molecule has 2 aromatic rings. The van der Waals surface area contributed by atoms with Gasteiger partial charge in [0, 0.05) is 11.5 Å². The Morgan fingerprint density at radius 3 is 2.24 bits per heavy atom. The molecular formula is C21H24O4. The highest BCUT2D eigenvalue weighted by Gasteiger charge is 2.50. The van der Waals surface area contributed by atoms with Crippen molar-refractivity contribution in [2.75, 3.05) is 0 Å². The van der Waals surface area contributed by atoms with Crippen LogP contribution in [-0.2, 0) is 25.6 Å². The van der Waals surface area contributed by atoms with Gasteiger partial charge in [-0.15, -0.1) is 0 Å². The van der Waals surface area contributed by atoms with Crippen molar-refractivity contribution in [3.05, 3.63) is 71.8 Å². The third-order valence-corrected chi connectivity index (χ3v) is 5.09. The predicted octanol–water partition coefficient (Wildman–Crippen LogP) is 4.07. The van der Waals surface area contributed by atoms with E-state index < -0.39 is 12.6 Å². The van der Waals surface area contributed by atoms with E-state index in [1.165, 1.54) is 0 Å². The van der Waals surface area contributed by atoms with E-state index in [1.807, 2.05) is 48.5 Å². The Hall–Kier alpha value is -1.72. The lowest BCUT2D eigenvalue weighted by Gasteiger charge is -2.40. The lowest BCUT2D eigenvalue weighted by molar-refractivity contribution is -0.233. The minimum atomic E-state index is -0.406. The predicted molar refractivity (Wildman–Crippen MR) is 93.7 cm³/mol. The molecule has 2 fully saturated rings. The van der Waals surface area contributed by atoms with E-state index in [0.717, 1.165) is 11.1 Å². The standard InChI is InChI=1S/C21H24O4/c1-14-15(2)23-21-19(18(14)22-13-16-9-5-3-6-10-16)24-20(25-21)17-11-7-4-8-12-17/h3-12,14-15,18-21H,13H2,1-2H3. The van der Waals surface area contributed by atoms with Crippen molar-refractivity contribution in [2.45, 2.75) is 51.3 Å². The molecule has 2 saturated heterocycles. The molecule has 0 amide bonds. The van der Waals surface area contributed by atoms with Gasteiger partial charge in [-0.2, -0.15) is 0 Å². The van der Waals surface area contributed by atoms with Crippen molar-refractivity contribution in [1.82, 2.24) is 0 Å². The monoisotopic (exact) mass is 340 g/mol. The highest BCUT2D eigenvalue weighted by Crippen LogP contribution is 2.41. The minimum absolute atomic E-state index is 0.0557. The summed E-state index contributed by atoms with van der Waals surface area (Å²) in [6, 6.07) is 20.2. The van der Waals surface area contributed by atoms with E-state index in [4.69, 9.17) is 18.9 Å². The topological polar surface area (TPSA) is 36.9 Å². The smallest absolute Gasteiger partial charge is 0.190 e. The van der Waals surface area contributed by atoms with Crippen molar-refractivity contribution >= 4 is 0 Å². The Labute approximate surface area is 148 Å². The van der Waals surface area contributed by atoms with E-state index in [-0.39, 0.29) is 24.2 Å². The molecule has 0 aliphatic carbocycles. The van der Waals surface area contributed by atoms with Gasteiger partial charge in [0.2, 0.25) is 0 Å². The van der Waals surface area contributed by atoms with Gasteiger partial charge in [0.25, 0.3) is 0 Å². The minimum Gasteiger partial charge on any atom is -0.370 e. The SMILES string of the molecule is CC1OC2OC(c3ccccc3)OC2C(OCc2ccccc2)C1C. The van der Waals surface area contributed by atoms with Crippen LogP contribution in [0.2, 0.25) is 0 Å². The number of rotatable bonds is 4. The summed E-state index contributed by atoms with van der Waals surface area (Å²) in [7, 11) is 0. The van der Waals surface area contributed by atoms with Crippen molar-refractivity contribution in [3.63, 3.8) is 0 Å². The van der Waals surface area contributed by atoms with Gasteiger partial charge >= 0.3 is 0 Å². The van der Waals surface area contributed by atoms with Gasteiger partial charge in [-0.3, -0.25) is 0 Å². The summed E-state index contributed by atoms with van der Waals surface area (Å²) >= 11 is 0. The molecule has 0 aromatic heterocycles. The fourth-order valence-corrected chi connectivity index (χ4v) is 3.46. The summed E-state index contributed by atoms with van der Waals surface area (Å²) in [4.78, 5) is 0. The first-order valence-corrected chi connectivity index (χ1v) is 8.89. The molecular weight excluding hydrogens is 316 g/mol. The molecule has 4 heteroatoms. The van der Waals surface area contributed by atoms with E-state index >= 15 is 0 Å². The molecule has 0 radical (unpaired) electrons. The maximum Gasteiger partial charge on any atom is 0.190 e. The van der Waals surface area contributed by atoms with Crippen LogP contribution >= 0.6 is 0 Å². The van der Waals surface area contributed by atoms with Gasteiger partial charge in [0.15, 0.2) is 12.6 Å². The second-order valence-electron chi connectivity index (χ2n) is 6.81. The number of hydrogen-bond donors (Lipinski definition) is 0. The largest absolute Gasteiger partial charge is 0.370 e. The first kappa shape index (κ1) is 16.7. The van der Waals surface area contributed by atoms with E-state index in [1.54, 1.807) is 0 Å². The molecule has 6 unspecified atom stereocenters. The average Bonchev–Trinajstić information content (AvgIpc) is 3.07. The zero-order chi connectivity index (χ0) is 17.2. The lowest BCUT2D eigenvalue weighted by atomic mass is 9.91. The number of ether oxygens (including phenoxy) is 4. The van der Waals surface area contributed by atoms with Gasteiger partial charge in [-0.05, 0) is 12.5 Å². The molecule has 2 aromatic carbocycles. The van der Waals surface area contributed by atoms with Crippen molar-refractivity contribution in [2.24, 2.45) is 5.92 Å². The molecule has 2 heterocycles. The van der Waals surface area contributed by atoms with E-state index in [2.05, 4.69) is 26.0 Å². The van der Waals surface area contributed by atoms with Crippen LogP contribution in [0.4, 0.5) is 0 Å². The molecule has 6 atom stereocenters. The number of benzene rings is 2. The Kier molecular flexibility index (Phi) is 4.86. The summed E-state index contributed by atoms with van der Waals surface area (Å²) < 4.78 is 24.5. The van der Waals surface area contributed by atoms with Crippen LogP contribution in [0, 0.1) is 5.92 Å². The maximum atomic E-state index is 6.26. The molecule has 0 bridgehead atoms. The summed E-state index contributed by atoms with van der Waals surface area (Å²) in [6.45, 7) is 4.78. The van der Waals surface area contributed by atoms with Crippen LogP contribution in [0.5, 0.6) is 0 Å². The quantitative estimate of drug-likeness (QED) is 0.841. The number of hydrogen-bond acceptors (Lipinski definition) is 4. The summed E-state index contributed by atoms with van der Waals surface area (Å²) in [5.41, 5.74) is 2.16. The average molecular weight is 340 g/mol. The summed E-state index contributed by atoms with van der Waals surface area (Å²) in [6.07, 6.45) is -1.03. The van der Waals surface area contributed by atoms with Gasteiger partial charge in [-0.1, -0.05) is 67.6 Å². The fraction of sp³-hybridized carbons (Fsp3) is 0.429. The third-order valence-electron chi connectivity index (χ3n) is 5.09. The van der Waals surface area contributed by atoms with Gasteiger partial charge < -0.3 is 18.9 Å². The number of fused-ring (bicyclic) bond motifs is 1. The van der Waals surface area contributed by atoms with Crippen LogP contribution in [0.15, 0.2) is 60.7 Å². The molecule has 2 aliphatic heterocycles. The molecule has 4 rings (SSSR count). The molecule has 0 saturated carbocycles. The lowest BCUT2D eigenvalue weighted by Crippen LogP contribution is -2.52. The van der Waals surface area contributed by atoms with Crippen LogP contribution in [-0.4, -0.2) is 24.6 Å². The zero-order valence-electron chi connectivity index (χ0n) is 14.6. The second-order valence-corrected chi connectivity index (χ2v) is 6.81. The van der Waals surface area contributed by atoms with Crippen molar-refractivity contribution in [1.29, 1.82) is 0 Å². The zero-order valence-corrected chi connectivity index (χ0v) is 14.6. The van der Waals surface area contributed by atoms with Gasteiger partial charge in [0.1, 0.15) is 6.10 Å². The molecule has 25 heavy (non-hydrogen) atoms. The molecule has 132 valence electrons. The normalized spacial score (nSPS) is 34.6. The first-order chi connectivity index (χ1) is 12.2. The Morgan fingerprint density at radius 2 is 1.52 bits per heavy atom. The Balaban J connectivity index is 1.49. The summed E-state index contributed by atoms with van der Waals surface area (Å²) in [5, 5.41) is 0. The van der Waals surface area contributed by atoms with Crippen molar-refractivity contribution < 1.29 is 18.9 Å². The van der Waals surface area contributed by atoms with E-state index in [9.17, 15) is 0 Å². The maximum absolute atomic E-state index is 6.26. The Bertz CT molecular complexity index is 675. The highest BCUT2D eigenvalue weighted by molar-refractivity contribution is 5.17. The molecule has 0 spiro atoms. The van der Waals surface area contributed by atoms with Crippen molar-refractivity contribution in [3.8, 4) is 0 Å². The van der Waals surface area contributed by atoms with Gasteiger partial charge in [-0.25, -0.2) is 0 Å². The molecule has 4 nitrogen and oxygen atoms in total. The highest BCUT2D eigenvalue weighted by atomic mass is 16.8. The third kappa shape index (κ3) is 3.48. The van der Waals surface area contributed by atoms with E-state index in [0.29, 0.717) is 6.61 Å². The fourth-order valence-electron chi connectivity index (χ4n) is 3.46. The molecule has 0 N–H and O–H groups in total. The Morgan fingerprint density at radius 1 is 0.840 bits per heavy atom. The second kappa shape index (κ2) is 7.26. The summed E-state index contributed by atoms with van der Waals surface area (Å²) in [5.74, 6) is 0.225. The molecule has 2 aliphatic rings. The van der Waals surface area contributed by atoms with Crippen LogP contribution in [0.25, 0.3) is 0 Å². The van der Waals surface area contributed by atoms with Crippen LogP contribution < -0.4 is 0 Å². The van der Waals surface area contributed by atoms with Crippen LogP contribution in [0.1, 0.15) is 31.3 Å². The van der Waals surface area contributed by atoms with Crippen LogP contribution in [0.3, 0.4) is 0 Å². The first-order valence-electron chi connectivity index (χ1n) is 8.89.